The molecule has 0 aromatic carbocycles. The molecule has 0 spiro atoms. The first-order valence-corrected chi connectivity index (χ1v) is 6.04. The van der Waals surface area contributed by atoms with Gasteiger partial charge in [0.25, 0.3) is 0 Å². The SMILES string of the molecule is O=C(CNC1=NCCS1)N1CCCC1. The number of hydrogen-bond donors (Lipinski definition) is 1. The van der Waals surface area contributed by atoms with E-state index in [0.717, 1.165) is 43.4 Å². The summed E-state index contributed by atoms with van der Waals surface area (Å²) >= 11 is 1.70. The van der Waals surface area contributed by atoms with E-state index in [4.69, 9.17) is 0 Å². The molecule has 1 N–H and O–H groups in total. The zero-order valence-electron chi connectivity index (χ0n) is 8.16. The lowest BCUT2D eigenvalue weighted by molar-refractivity contribution is -0.128. The predicted molar refractivity (Wildman–Crippen MR) is 58.6 cm³/mol. The summed E-state index contributed by atoms with van der Waals surface area (Å²) in [5.41, 5.74) is 0. The molecule has 0 bridgehead atoms. The Kier molecular flexibility index (Phi) is 3.29. The van der Waals surface area contributed by atoms with Crippen LogP contribution in [0.15, 0.2) is 4.99 Å². The van der Waals surface area contributed by atoms with Gasteiger partial charge >= 0.3 is 0 Å². The Labute approximate surface area is 88.1 Å². The number of rotatable bonds is 2. The van der Waals surface area contributed by atoms with Crippen molar-refractivity contribution in [2.24, 2.45) is 4.99 Å². The lowest BCUT2D eigenvalue weighted by atomic mass is 10.4. The van der Waals surface area contributed by atoms with Crippen LogP contribution in [0.25, 0.3) is 0 Å². The molecule has 4 nitrogen and oxygen atoms in total. The van der Waals surface area contributed by atoms with Crippen LogP contribution < -0.4 is 5.32 Å². The highest BCUT2D eigenvalue weighted by Crippen LogP contribution is 2.10. The molecule has 2 aliphatic heterocycles. The van der Waals surface area contributed by atoms with Crippen molar-refractivity contribution in [1.29, 1.82) is 0 Å². The number of carbonyl (C=O) groups is 1. The first kappa shape index (κ1) is 9.83. The van der Waals surface area contributed by atoms with Crippen molar-refractivity contribution in [2.75, 3.05) is 31.9 Å². The molecule has 1 fully saturated rings. The smallest absolute Gasteiger partial charge is 0.241 e. The van der Waals surface area contributed by atoms with Gasteiger partial charge in [-0.15, -0.1) is 0 Å². The summed E-state index contributed by atoms with van der Waals surface area (Å²) in [6.07, 6.45) is 2.31. The second-order valence-electron chi connectivity index (χ2n) is 3.48. The Morgan fingerprint density at radius 2 is 2.29 bits per heavy atom. The second kappa shape index (κ2) is 4.68. The maximum Gasteiger partial charge on any atom is 0.241 e. The van der Waals surface area contributed by atoms with E-state index in [0.29, 0.717) is 6.54 Å². The van der Waals surface area contributed by atoms with Gasteiger partial charge in [0.2, 0.25) is 5.91 Å². The topological polar surface area (TPSA) is 44.7 Å². The fraction of sp³-hybridized carbons (Fsp3) is 0.778. The number of carbonyl (C=O) groups excluding carboxylic acids is 1. The van der Waals surface area contributed by atoms with Gasteiger partial charge in [0.05, 0.1) is 13.1 Å². The molecule has 0 aromatic rings. The van der Waals surface area contributed by atoms with Crippen molar-refractivity contribution in [3.05, 3.63) is 0 Å². The van der Waals surface area contributed by atoms with E-state index in [2.05, 4.69) is 10.3 Å². The number of likely N-dealkylation sites (tertiary alicyclic amines) is 1. The molecule has 0 radical (unpaired) electrons. The normalized spacial score (nSPS) is 21.1. The standard InChI is InChI=1S/C9H15N3OS/c13-8(12-4-1-2-5-12)7-11-9-10-3-6-14-9/h1-7H2,(H,10,11). The van der Waals surface area contributed by atoms with Crippen molar-refractivity contribution in [3.63, 3.8) is 0 Å². The van der Waals surface area contributed by atoms with Crippen LogP contribution in [0.4, 0.5) is 0 Å². The highest BCUT2D eigenvalue weighted by molar-refractivity contribution is 8.14. The van der Waals surface area contributed by atoms with Gasteiger partial charge in [0, 0.05) is 18.8 Å². The van der Waals surface area contributed by atoms with Gasteiger partial charge in [-0.25, -0.2) is 0 Å². The highest BCUT2D eigenvalue weighted by Gasteiger charge is 2.18. The van der Waals surface area contributed by atoms with E-state index in [1.165, 1.54) is 0 Å². The Morgan fingerprint density at radius 3 is 2.93 bits per heavy atom. The van der Waals surface area contributed by atoms with Gasteiger partial charge in [0.1, 0.15) is 0 Å². The Balaban J connectivity index is 1.71. The van der Waals surface area contributed by atoms with Crippen LogP contribution in [-0.2, 0) is 4.79 Å². The maximum atomic E-state index is 11.6. The van der Waals surface area contributed by atoms with Gasteiger partial charge in [-0.05, 0) is 12.8 Å². The fourth-order valence-corrected chi connectivity index (χ4v) is 2.40. The number of nitrogens with zero attached hydrogens (tertiary/aromatic N) is 2. The van der Waals surface area contributed by atoms with Crippen LogP contribution in [0.1, 0.15) is 12.8 Å². The zero-order valence-corrected chi connectivity index (χ0v) is 8.98. The summed E-state index contributed by atoms with van der Waals surface area (Å²) in [5.74, 6) is 1.25. The molecule has 0 aromatic heterocycles. The molecule has 1 amide bonds. The van der Waals surface area contributed by atoms with E-state index < -0.39 is 0 Å². The minimum absolute atomic E-state index is 0.206. The number of thioether (sulfide) groups is 1. The first-order chi connectivity index (χ1) is 6.86. The molecular weight excluding hydrogens is 198 g/mol. The highest BCUT2D eigenvalue weighted by atomic mass is 32.2. The van der Waals surface area contributed by atoms with E-state index >= 15 is 0 Å². The fourth-order valence-electron chi connectivity index (χ4n) is 1.67. The number of amides is 1. The van der Waals surface area contributed by atoms with E-state index in [-0.39, 0.29) is 5.91 Å². The summed E-state index contributed by atoms with van der Waals surface area (Å²) in [5, 5.41) is 4.01. The van der Waals surface area contributed by atoms with Crippen molar-refractivity contribution in [3.8, 4) is 0 Å². The van der Waals surface area contributed by atoms with Gasteiger partial charge < -0.3 is 10.2 Å². The average Bonchev–Trinajstić information content (AvgIpc) is 2.87. The van der Waals surface area contributed by atoms with Crippen molar-refractivity contribution in [2.45, 2.75) is 12.8 Å². The minimum Gasteiger partial charge on any atom is -0.356 e. The molecule has 1 saturated heterocycles. The van der Waals surface area contributed by atoms with Crippen molar-refractivity contribution >= 4 is 22.8 Å². The lowest BCUT2D eigenvalue weighted by Gasteiger charge is -2.15. The lowest BCUT2D eigenvalue weighted by Crippen LogP contribution is -2.37. The quantitative estimate of drug-likeness (QED) is 0.717. The van der Waals surface area contributed by atoms with Crippen molar-refractivity contribution < 1.29 is 4.79 Å². The van der Waals surface area contributed by atoms with E-state index in [1.807, 2.05) is 4.90 Å². The first-order valence-electron chi connectivity index (χ1n) is 5.05. The number of hydrogen-bond acceptors (Lipinski definition) is 4. The summed E-state index contributed by atoms with van der Waals surface area (Å²) in [6, 6.07) is 0. The molecule has 14 heavy (non-hydrogen) atoms. The minimum atomic E-state index is 0.206. The molecule has 0 unspecified atom stereocenters. The van der Waals surface area contributed by atoms with E-state index in [9.17, 15) is 4.79 Å². The Morgan fingerprint density at radius 1 is 1.50 bits per heavy atom. The monoisotopic (exact) mass is 213 g/mol. The number of nitrogens with one attached hydrogen (secondary N) is 1. The molecule has 5 heteroatoms. The molecule has 2 heterocycles. The van der Waals surface area contributed by atoms with Crippen LogP contribution in [0.2, 0.25) is 0 Å². The zero-order chi connectivity index (χ0) is 9.80. The Hall–Kier alpha value is -0.710. The summed E-state index contributed by atoms with van der Waals surface area (Å²) in [7, 11) is 0. The van der Waals surface area contributed by atoms with Crippen LogP contribution in [0.5, 0.6) is 0 Å². The number of aliphatic imine (C=N–C) groups is 1. The number of amidine groups is 1. The summed E-state index contributed by atoms with van der Waals surface area (Å²) in [4.78, 5) is 17.8. The molecule has 0 aliphatic carbocycles. The van der Waals surface area contributed by atoms with Crippen LogP contribution in [-0.4, -0.2) is 47.9 Å². The van der Waals surface area contributed by atoms with E-state index in [1.54, 1.807) is 11.8 Å². The third-order valence-electron chi connectivity index (χ3n) is 2.44. The molecule has 0 saturated carbocycles. The second-order valence-corrected chi connectivity index (χ2v) is 4.56. The maximum absolute atomic E-state index is 11.6. The van der Waals surface area contributed by atoms with Gasteiger partial charge in [-0.1, -0.05) is 11.8 Å². The average molecular weight is 213 g/mol. The van der Waals surface area contributed by atoms with Gasteiger partial charge in [0.15, 0.2) is 5.17 Å². The Bertz CT molecular complexity index is 248. The third kappa shape index (κ3) is 2.41. The van der Waals surface area contributed by atoms with Gasteiger partial charge in [-0.3, -0.25) is 9.79 Å². The van der Waals surface area contributed by atoms with Crippen molar-refractivity contribution in [1.82, 2.24) is 10.2 Å². The summed E-state index contributed by atoms with van der Waals surface area (Å²) in [6.45, 7) is 3.15. The van der Waals surface area contributed by atoms with Crippen LogP contribution >= 0.6 is 11.8 Å². The largest absolute Gasteiger partial charge is 0.356 e. The summed E-state index contributed by atoms with van der Waals surface area (Å²) < 4.78 is 0. The molecule has 78 valence electrons. The third-order valence-corrected chi connectivity index (χ3v) is 3.37. The van der Waals surface area contributed by atoms with Crippen LogP contribution in [0, 0.1) is 0 Å². The van der Waals surface area contributed by atoms with Crippen LogP contribution in [0.3, 0.4) is 0 Å². The predicted octanol–water partition coefficient (Wildman–Crippen LogP) is 0.301. The van der Waals surface area contributed by atoms with Gasteiger partial charge in [-0.2, -0.15) is 0 Å². The molecule has 2 rings (SSSR count). The molecular formula is C9H15N3OS. The molecule has 2 aliphatic rings. The molecule has 0 atom stereocenters.